The van der Waals surface area contributed by atoms with Crippen LogP contribution in [0.5, 0.6) is 0 Å². The van der Waals surface area contributed by atoms with Crippen molar-refractivity contribution < 1.29 is 9.21 Å². The van der Waals surface area contributed by atoms with Gasteiger partial charge in [0.15, 0.2) is 0 Å². The van der Waals surface area contributed by atoms with Gasteiger partial charge in [0, 0.05) is 13.1 Å². The molecule has 3 N–H and O–H groups in total. The van der Waals surface area contributed by atoms with Crippen LogP contribution in [0.2, 0.25) is 0 Å². The summed E-state index contributed by atoms with van der Waals surface area (Å²) in [6, 6.07) is 3.79. The highest BCUT2D eigenvalue weighted by molar-refractivity contribution is 5.77. The largest absolute Gasteiger partial charge is 0.465 e. The number of likely N-dealkylation sites (N-methyl/N-ethyl adjacent to an activating group) is 2. The predicted octanol–water partition coefficient (Wildman–Crippen LogP) is 1.05. The molecule has 0 aliphatic heterocycles. The average molecular weight is 253 g/mol. The fraction of sp³-hybridized carbons (Fsp3) is 0.615. The third-order valence-electron chi connectivity index (χ3n) is 2.88. The molecular weight excluding hydrogens is 230 g/mol. The Labute approximate surface area is 108 Å². The number of nitrogens with one attached hydrogen (secondary N) is 1. The zero-order valence-corrected chi connectivity index (χ0v) is 11.4. The highest BCUT2D eigenvalue weighted by atomic mass is 16.3. The Balaban J connectivity index is 2.74. The van der Waals surface area contributed by atoms with Crippen molar-refractivity contribution >= 4 is 5.91 Å². The molecule has 102 valence electrons. The molecule has 0 spiro atoms. The van der Waals surface area contributed by atoms with Crippen LogP contribution in [0.3, 0.4) is 0 Å². The van der Waals surface area contributed by atoms with Crippen molar-refractivity contribution in [1.29, 1.82) is 0 Å². The van der Waals surface area contributed by atoms with Gasteiger partial charge in [-0.2, -0.15) is 0 Å². The molecule has 5 heteroatoms. The maximum absolute atomic E-state index is 11.6. The van der Waals surface area contributed by atoms with E-state index in [4.69, 9.17) is 10.2 Å². The van der Waals surface area contributed by atoms with E-state index in [0.29, 0.717) is 19.6 Å². The lowest BCUT2D eigenvalue weighted by Crippen LogP contribution is -2.41. The van der Waals surface area contributed by atoms with Crippen molar-refractivity contribution in [1.82, 2.24) is 10.2 Å². The van der Waals surface area contributed by atoms with E-state index >= 15 is 0 Å². The number of furan rings is 1. The molecule has 0 saturated heterocycles. The summed E-state index contributed by atoms with van der Waals surface area (Å²) in [7, 11) is 0. The van der Waals surface area contributed by atoms with Gasteiger partial charge in [0.25, 0.3) is 0 Å². The number of nitrogens with two attached hydrogens (primary N) is 1. The van der Waals surface area contributed by atoms with E-state index < -0.39 is 0 Å². The summed E-state index contributed by atoms with van der Waals surface area (Å²) in [5.74, 6) is 1.69. The summed E-state index contributed by atoms with van der Waals surface area (Å²) < 4.78 is 5.61. The zero-order valence-electron chi connectivity index (χ0n) is 11.4. The molecule has 0 aliphatic rings. The third-order valence-corrected chi connectivity index (χ3v) is 2.88. The minimum absolute atomic E-state index is 0.0149. The van der Waals surface area contributed by atoms with E-state index in [0.717, 1.165) is 18.1 Å². The quantitative estimate of drug-likeness (QED) is 0.762. The summed E-state index contributed by atoms with van der Waals surface area (Å²) in [6.07, 6.45) is 0. The fourth-order valence-electron chi connectivity index (χ4n) is 1.96. The van der Waals surface area contributed by atoms with E-state index in [1.807, 2.05) is 37.8 Å². The van der Waals surface area contributed by atoms with Gasteiger partial charge in [-0.05, 0) is 32.5 Å². The van der Waals surface area contributed by atoms with E-state index in [2.05, 4.69) is 5.32 Å². The van der Waals surface area contributed by atoms with Crippen LogP contribution in [0.25, 0.3) is 0 Å². The van der Waals surface area contributed by atoms with E-state index in [9.17, 15) is 4.79 Å². The summed E-state index contributed by atoms with van der Waals surface area (Å²) >= 11 is 0. The first-order valence-electron chi connectivity index (χ1n) is 6.39. The Hall–Kier alpha value is -1.33. The van der Waals surface area contributed by atoms with Crippen LogP contribution in [-0.2, 0) is 4.79 Å². The van der Waals surface area contributed by atoms with Gasteiger partial charge in [0.05, 0.1) is 12.6 Å². The molecule has 1 atom stereocenters. The van der Waals surface area contributed by atoms with Gasteiger partial charge in [0.1, 0.15) is 11.5 Å². The summed E-state index contributed by atoms with van der Waals surface area (Å²) in [4.78, 5) is 13.7. The molecule has 1 amide bonds. The van der Waals surface area contributed by atoms with Gasteiger partial charge in [-0.3, -0.25) is 9.69 Å². The molecule has 0 bridgehead atoms. The van der Waals surface area contributed by atoms with E-state index in [1.165, 1.54) is 0 Å². The van der Waals surface area contributed by atoms with Crippen LogP contribution in [0.15, 0.2) is 16.5 Å². The highest BCUT2D eigenvalue weighted by Crippen LogP contribution is 2.21. The highest BCUT2D eigenvalue weighted by Gasteiger charge is 2.22. The number of nitrogens with zero attached hydrogens (tertiary/aromatic N) is 1. The number of aryl methyl sites for hydroxylation is 1. The molecule has 1 rings (SSSR count). The molecule has 0 aromatic carbocycles. The Morgan fingerprint density at radius 3 is 2.67 bits per heavy atom. The van der Waals surface area contributed by atoms with E-state index in [1.54, 1.807) is 0 Å². The molecule has 0 radical (unpaired) electrons. The number of hydrogen-bond donors (Lipinski definition) is 2. The summed E-state index contributed by atoms with van der Waals surface area (Å²) in [5.41, 5.74) is 5.81. The lowest BCUT2D eigenvalue weighted by molar-refractivity contribution is -0.122. The molecule has 18 heavy (non-hydrogen) atoms. The SMILES string of the molecule is CCNC(=O)CN(CC)C(CN)c1ccc(C)o1. The van der Waals surface area contributed by atoms with Crippen molar-refractivity contribution in [3.05, 3.63) is 23.7 Å². The Morgan fingerprint density at radius 2 is 2.22 bits per heavy atom. The minimum Gasteiger partial charge on any atom is -0.465 e. The van der Waals surface area contributed by atoms with Crippen LogP contribution < -0.4 is 11.1 Å². The molecule has 5 nitrogen and oxygen atoms in total. The van der Waals surface area contributed by atoms with Gasteiger partial charge in [0.2, 0.25) is 5.91 Å². The van der Waals surface area contributed by atoms with E-state index in [-0.39, 0.29) is 11.9 Å². The second kappa shape index (κ2) is 7.18. The molecule has 1 aromatic rings. The van der Waals surface area contributed by atoms with Crippen molar-refractivity contribution in [3.63, 3.8) is 0 Å². The predicted molar refractivity (Wildman–Crippen MR) is 71.2 cm³/mol. The van der Waals surface area contributed by atoms with Crippen LogP contribution in [0.4, 0.5) is 0 Å². The van der Waals surface area contributed by atoms with Gasteiger partial charge >= 0.3 is 0 Å². The molecule has 0 saturated carbocycles. The van der Waals surface area contributed by atoms with Gasteiger partial charge in [-0.15, -0.1) is 0 Å². The lowest BCUT2D eigenvalue weighted by Gasteiger charge is -2.27. The van der Waals surface area contributed by atoms with Gasteiger partial charge < -0.3 is 15.5 Å². The maximum atomic E-state index is 11.6. The number of carbonyl (C=O) groups is 1. The Kier molecular flexibility index (Phi) is 5.88. The number of hydrogen-bond acceptors (Lipinski definition) is 4. The average Bonchev–Trinajstić information content (AvgIpc) is 2.75. The Morgan fingerprint density at radius 1 is 1.50 bits per heavy atom. The lowest BCUT2D eigenvalue weighted by atomic mass is 10.2. The maximum Gasteiger partial charge on any atom is 0.234 e. The van der Waals surface area contributed by atoms with Crippen molar-refractivity contribution in [3.8, 4) is 0 Å². The third kappa shape index (κ3) is 3.85. The monoisotopic (exact) mass is 253 g/mol. The topological polar surface area (TPSA) is 71.5 Å². The normalized spacial score (nSPS) is 12.7. The fourth-order valence-corrected chi connectivity index (χ4v) is 1.96. The molecule has 1 unspecified atom stereocenters. The first-order chi connectivity index (χ1) is 8.62. The zero-order chi connectivity index (χ0) is 13.5. The second-order valence-electron chi connectivity index (χ2n) is 4.22. The van der Waals surface area contributed by atoms with Gasteiger partial charge in [-0.25, -0.2) is 0 Å². The summed E-state index contributed by atoms with van der Waals surface area (Å²) in [6.45, 7) is 7.98. The van der Waals surface area contributed by atoms with Crippen molar-refractivity contribution in [2.45, 2.75) is 26.8 Å². The number of amides is 1. The van der Waals surface area contributed by atoms with Crippen LogP contribution >= 0.6 is 0 Å². The molecule has 0 aliphatic carbocycles. The molecule has 1 heterocycles. The molecule has 0 fully saturated rings. The second-order valence-corrected chi connectivity index (χ2v) is 4.22. The molecule has 1 aromatic heterocycles. The van der Waals surface area contributed by atoms with Crippen molar-refractivity contribution in [2.24, 2.45) is 5.73 Å². The number of rotatable bonds is 7. The smallest absolute Gasteiger partial charge is 0.234 e. The first kappa shape index (κ1) is 14.7. The standard InChI is InChI=1S/C13H23N3O2/c1-4-15-13(17)9-16(5-2)11(8-14)12-7-6-10(3)18-12/h6-7,11H,4-5,8-9,14H2,1-3H3,(H,15,17). The minimum atomic E-state index is -0.0497. The van der Waals surface area contributed by atoms with Crippen LogP contribution in [0, 0.1) is 6.92 Å². The number of carbonyl (C=O) groups excluding carboxylic acids is 1. The molecular formula is C13H23N3O2. The van der Waals surface area contributed by atoms with Gasteiger partial charge in [-0.1, -0.05) is 6.92 Å². The summed E-state index contributed by atoms with van der Waals surface area (Å²) in [5, 5.41) is 2.79. The van der Waals surface area contributed by atoms with Crippen LogP contribution in [0.1, 0.15) is 31.4 Å². The first-order valence-corrected chi connectivity index (χ1v) is 6.39. The Bertz CT molecular complexity index is 376. The van der Waals surface area contributed by atoms with Crippen LogP contribution in [-0.4, -0.2) is 37.0 Å². The van der Waals surface area contributed by atoms with Crippen molar-refractivity contribution in [2.75, 3.05) is 26.2 Å².